The number of fused-ring (bicyclic) bond motifs is 1. The molecular formula is C16H22N2. The van der Waals surface area contributed by atoms with Crippen LogP contribution in [0.3, 0.4) is 0 Å². The molecule has 3 rings (SSSR count). The number of nitrogens with zero attached hydrogens (tertiary/aromatic N) is 1. The van der Waals surface area contributed by atoms with E-state index in [9.17, 15) is 0 Å². The minimum Gasteiger partial charge on any atom is -0.347 e. The van der Waals surface area contributed by atoms with Crippen molar-refractivity contribution in [2.45, 2.75) is 38.8 Å². The molecule has 1 aromatic carbocycles. The van der Waals surface area contributed by atoms with Gasteiger partial charge in [-0.25, -0.2) is 0 Å². The Hall–Kier alpha value is -1.28. The molecular weight excluding hydrogens is 220 g/mol. The third-order valence-electron chi connectivity index (χ3n) is 4.15. The summed E-state index contributed by atoms with van der Waals surface area (Å²) in [6.45, 7) is 2.15. The first kappa shape index (κ1) is 11.8. The van der Waals surface area contributed by atoms with Gasteiger partial charge in [0.25, 0.3) is 0 Å². The van der Waals surface area contributed by atoms with Gasteiger partial charge in [0.05, 0.1) is 0 Å². The van der Waals surface area contributed by atoms with Crippen LogP contribution in [0.5, 0.6) is 0 Å². The van der Waals surface area contributed by atoms with Gasteiger partial charge in [-0.05, 0) is 55.0 Å². The normalized spacial score (nSPS) is 16.7. The Morgan fingerprint density at radius 1 is 1.22 bits per heavy atom. The summed E-state index contributed by atoms with van der Waals surface area (Å²) in [5.41, 5.74) is 2.75. The highest BCUT2D eigenvalue weighted by atomic mass is 15.0. The van der Waals surface area contributed by atoms with Gasteiger partial charge in [-0.3, -0.25) is 0 Å². The van der Waals surface area contributed by atoms with E-state index in [4.69, 9.17) is 0 Å². The number of hydrogen-bond acceptors (Lipinski definition) is 1. The van der Waals surface area contributed by atoms with E-state index >= 15 is 0 Å². The van der Waals surface area contributed by atoms with Gasteiger partial charge >= 0.3 is 0 Å². The SMILES string of the molecule is CNCc1ccc2c(ccn2CC2CCCC2)c1. The fourth-order valence-electron chi connectivity index (χ4n) is 3.19. The van der Waals surface area contributed by atoms with E-state index in [1.165, 1.54) is 48.7 Å². The third-order valence-corrected chi connectivity index (χ3v) is 4.15. The van der Waals surface area contributed by atoms with Crippen LogP contribution in [0.4, 0.5) is 0 Å². The zero-order chi connectivity index (χ0) is 12.4. The summed E-state index contributed by atoms with van der Waals surface area (Å²) in [6.07, 6.45) is 7.94. The Balaban J connectivity index is 1.84. The second-order valence-electron chi connectivity index (χ2n) is 5.54. The van der Waals surface area contributed by atoms with Gasteiger partial charge in [-0.1, -0.05) is 18.9 Å². The van der Waals surface area contributed by atoms with E-state index < -0.39 is 0 Å². The number of benzene rings is 1. The molecule has 0 spiro atoms. The maximum atomic E-state index is 3.21. The lowest BCUT2D eigenvalue weighted by molar-refractivity contribution is 0.466. The number of hydrogen-bond donors (Lipinski definition) is 1. The van der Waals surface area contributed by atoms with Crippen LogP contribution >= 0.6 is 0 Å². The second-order valence-corrected chi connectivity index (χ2v) is 5.54. The summed E-state index contributed by atoms with van der Waals surface area (Å²) in [5, 5.41) is 4.58. The molecule has 1 saturated carbocycles. The molecule has 96 valence electrons. The molecule has 1 fully saturated rings. The molecule has 2 aromatic rings. The van der Waals surface area contributed by atoms with Crippen molar-refractivity contribution in [3.63, 3.8) is 0 Å². The first-order valence-corrected chi connectivity index (χ1v) is 7.09. The average molecular weight is 242 g/mol. The first-order valence-electron chi connectivity index (χ1n) is 7.09. The topological polar surface area (TPSA) is 17.0 Å². The summed E-state index contributed by atoms with van der Waals surface area (Å²) in [6, 6.07) is 9.07. The highest BCUT2D eigenvalue weighted by Gasteiger charge is 2.16. The Morgan fingerprint density at radius 3 is 2.83 bits per heavy atom. The molecule has 0 aliphatic heterocycles. The van der Waals surface area contributed by atoms with E-state index in [2.05, 4.69) is 40.3 Å². The Labute approximate surface area is 109 Å². The standard InChI is InChI=1S/C16H22N2/c1-17-11-14-6-7-16-15(10-14)8-9-18(16)12-13-4-2-3-5-13/h6-10,13,17H,2-5,11-12H2,1H3. The van der Waals surface area contributed by atoms with Crippen LogP contribution in [0.2, 0.25) is 0 Å². The molecule has 1 aliphatic carbocycles. The van der Waals surface area contributed by atoms with Crippen LogP contribution in [0.1, 0.15) is 31.2 Å². The largest absolute Gasteiger partial charge is 0.347 e. The molecule has 0 saturated heterocycles. The molecule has 0 amide bonds. The van der Waals surface area contributed by atoms with Gasteiger partial charge in [-0.15, -0.1) is 0 Å². The van der Waals surface area contributed by atoms with E-state index in [1.54, 1.807) is 0 Å². The summed E-state index contributed by atoms with van der Waals surface area (Å²) in [7, 11) is 2.00. The van der Waals surface area contributed by atoms with Gasteiger partial charge in [-0.2, -0.15) is 0 Å². The number of nitrogens with one attached hydrogen (secondary N) is 1. The summed E-state index contributed by atoms with van der Waals surface area (Å²) in [5.74, 6) is 0.901. The molecule has 1 aromatic heterocycles. The molecule has 1 N–H and O–H groups in total. The summed E-state index contributed by atoms with van der Waals surface area (Å²) < 4.78 is 2.44. The Bertz CT molecular complexity index is 521. The zero-order valence-electron chi connectivity index (χ0n) is 11.2. The lowest BCUT2D eigenvalue weighted by atomic mass is 10.1. The van der Waals surface area contributed by atoms with Crippen LogP contribution in [0.25, 0.3) is 10.9 Å². The molecule has 0 unspecified atom stereocenters. The quantitative estimate of drug-likeness (QED) is 0.867. The monoisotopic (exact) mass is 242 g/mol. The molecule has 1 aliphatic rings. The van der Waals surface area contributed by atoms with Gasteiger partial charge in [0.1, 0.15) is 0 Å². The number of rotatable bonds is 4. The highest BCUT2D eigenvalue weighted by molar-refractivity contribution is 5.80. The van der Waals surface area contributed by atoms with E-state index in [-0.39, 0.29) is 0 Å². The molecule has 0 bridgehead atoms. The molecule has 1 heterocycles. The van der Waals surface area contributed by atoms with Crippen LogP contribution in [0.15, 0.2) is 30.5 Å². The maximum Gasteiger partial charge on any atom is 0.0480 e. The summed E-state index contributed by atoms with van der Waals surface area (Å²) in [4.78, 5) is 0. The number of aromatic nitrogens is 1. The minimum absolute atomic E-state index is 0.901. The fraction of sp³-hybridized carbons (Fsp3) is 0.500. The van der Waals surface area contributed by atoms with Crippen molar-refractivity contribution < 1.29 is 0 Å². The van der Waals surface area contributed by atoms with E-state index in [0.29, 0.717) is 0 Å². The highest BCUT2D eigenvalue weighted by Crippen LogP contribution is 2.28. The van der Waals surface area contributed by atoms with Crippen LogP contribution in [-0.2, 0) is 13.1 Å². The van der Waals surface area contributed by atoms with Crippen molar-refractivity contribution in [1.82, 2.24) is 9.88 Å². The lowest BCUT2D eigenvalue weighted by Crippen LogP contribution is -2.06. The predicted octanol–water partition coefficient (Wildman–Crippen LogP) is 3.55. The van der Waals surface area contributed by atoms with E-state index in [0.717, 1.165) is 12.5 Å². The van der Waals surface area contributed by atoms with Gasteiger partial charge in [0, 0.05) is 24.8 Å². The molecule has 0 atom stereocenters. The lowest BCUT2D eigenvalue weighted by Gasteiger charge is -2.11. The molecule has 2 heteroatoms. The van der Waals surface area contributed by atoms with Crippen LogP contribution in [-0.4, -0.2) is 11.6 Å². The van der Waals surface area contributed by atoms with Crippen molar-refractivity contribution in [2.75, 3.05) is 7.05 Å². The smallest absolute Gasteiger partial charge is 0.0480 e. The van der Waals surface area contributed by atoms with Crippen LogP contribution in [0, 0.1) is 5.92 Å². The predicted molar refractivity (Wildman–Crippen MR) is 76.7 cm³/mol. The minimum atomic E-state index is 0.901. The second kappa shape index (κ2) is 5.15. The zero-order valence-corrected chi connectivity index (χ0v) is 11.2. The average Bonchev–Trinajstić information content (AvgIpc) is 3.00. The Kier molecular flexibility index (Phi) is 3.37. The van der Waals surface area contributed by atoms with Gasteiger partial charge < -0.3 is 9.88 Å². The van der Waals surface area contributed by atoms with Crippen molar-refractivity contribution >= 4 is 10.9 Å². The fourth-order valence-corrected chi connectivity index (χ4v) is 3.19. The van der Waals surface area contributed by atoms with Crippen molar-refractivity contribution in [3.8, 4) is 0 Å². The van der Waals surface area contributed by atoms with E-state index in [1.807, 2.05) is 7.05 Å². The summed E-state index contributed by atoms with van der Waals surface area (Å²) >= 11 is 0. The van der Waals surface area contributed by atoms with Gasteiger partial charge in [0.15, 0.2) is 0 Å². The Morgan fingerprint density at radius 2 is 2.06 bits per heavy atom. The molecule has 0 radical (unpaired) electrons. The molecule has 2 nitrogen and oxygen atoms in total. The maximum absolute atomic E-state index is 3.21. The van der Waals surface area contributed by atoms with Crippen molar-refractivity contribution in [1.29, 1.82) is 0 Å². The van der Waals surface area contributed by atoms with Crippen LogP contribution < -0.4 is 5.32 Å². The van der Waals surface area contributed by atoms with Gasteiger partial charge in [0.2, 0.25) is 0 Å². The first-order chi connectivity index (χ1) is 8.86. The molecule has 18 heavy (non-hydrogen) atoms. The third kappa shape index (κ3) is 2.30. The van der Waals surface area contributed by atoms with Crippen molar-refractivity contribution in [2.24, 2.45) is 5.92 Å². The van der Waals surface area contributed by atoms with Crippen molar-refractivity contribution in [3.05, 3.63) is 36.0 Å².